The van der Waals surface area contributed by atoms with Crippen LogP contribution in [0, 0.1) is 19.8 Å². The number of aryl methyl sites for hydroxylation is 2. The van der Waals surface area contributed by atoms with Crippen molar-refractivity contribution in [2.75, 3.05) is 13.1 Å². The third-order valence-electron chi connectivity index (χ3n) is 5.00. The Morgan fingerprint density at radius 1 is 1.21 bits per heavy atom. The maximum atomic E-state index is 11.3. The van der Waals surface area contributed by atoms with Gasteiger partial charge in [0.15, 0.2) is 0 Å². The van der Waals surface area contributed by atoms with Crippen LogP contribution in [0.25, 0.3) is 0 Å². The fourth-order valence-electron chi connectivity index (χ4n) is 3.65. The topological polar surface area (TPSA) is 53.7 Å². The van der Waals surface area contributed by atoms with Crippen LogP contribution in [0.1, 0.15) is 45.8 Å². The van der Waals surface area contributed by atoms with Crippen molar-refractivity contribution in [1.29, 1.82) is 0 Å². The maximum absolute atomic E-state index is 11.3. The van der Waals surface area contributed by atoms with E-state index in [0.717, 1.165) is 56.0 Å². The summed E-state index contributed by atoms with van der Waals surface area (Å²) in [5.74, 6) is 1.73. The van der Waals surface area contributed by atoms with Gasteiger partial charge in [0.1, 0.15) is 11.5 Å². The Hall–Kier alpha value is -2.07. The number of carbonyl (C=O) groups is 1. The predicted molar refractivity (Wildman–Crippen MR) is 93.3 cm³/mol. The number of carboxylic acids is 1. The van der Waals surface area contributed by atoms with E-state index < -0.39 is 5.97 Å². The molecule has 3 rings (SSSR count). The molecule has 0 atom stereocenters. The first-order chi connectivity index (χ1) is 11.5. The molecule has 2 heterocycles. The van der Waals surface area contributed by atoms with Crippen molar-refractivity contribution in [2.24, 2.45) is 5.92 Å². The Morgan fingerprint density at radius 3 is 2.54 bits per heavy atom. The standard InChI is InChI=1S/C20H25NO3/c1-14-11-18(15(2)24-14)13-21-9-7-16(8-10-21)12-17-5-3-4-6-19(17)20(22)23/h3-6,11,16H,7-10,12-13H2,1-2H3,(H,22,23). The summed E-state index contributed by atoms with van der Waals surface area (Å²) in [6.07, 6.45) is 3.09. The number of likely N-dealkylation sites (tertiary alicyclic amines) is 1. The molecular formula is C20H25NO3. The largest absolute Gasteiger partial charge is 0.478 e. The second kappa shape index (κ2) is 7.22. The van der Waals surface area contributed by atoms with Crippen LogP contribution in [0.15, 0.2) is 34.7 Å². The zero-order valence-electron chi connectivity index (χ0n) is 14.4. The number of hydrogen-bond donors (Lipinski definition) is 1. The normalized spacial score (nSPS) is 16.4. The van der Waals surface area contributed by atoms with E-state index in [1.807, 2.05) is 26.0 Å². The van der Waals surface area contributed by atoms with Gasteiger partial charge in [-0.1, -0.05) is 18.2 Å². The maximum Gasteiger partial charge on any atom is 0.335 e. The number of aromatic carboxylic acids is 1. The summed E-state index contributed by atoms with van der Waals surface area (Å²) in [4.78, 5) is 13.8. The van der Waals surface area contributed by atoms with Crippen molar-refractivity contribution in [2.45, 2.75) is 39.7 Å². The lowest BCUT2D eigenvalue weighted by atomic mass is 9.88. The van der Waals surface area contributed by atoms with E-state index in [1.165, 1.54) is 5.56 Å². The van der Waals surface area contributed by atoms with Crippen molar-refractivity contribution < 1.29 is 14.3 Å². The highest BCUT2D eigenvalue weighted by atomic mass is 16.4. The summed E-state index contributed by atoms with van der Waals surface area (Å²) in [7, 11) is 0. The Balaban J connectivity index is 1.56. The minimum Gasteiger partial charge on any atom is -0.478 e. The van der Waals surface area contributed by atoms with Gasteiger partial charge in [-0.25, -0.2) is 4.79 Å². The molecule has 128 valence electrons. The summed E-state index contributed by atoms with van der Waals surface area (Å²) >= 11 is 0. The first-order valence-electron chi connectivity index (χ1n) is 8.62. The number of nitrogens with zero attached hydrogens (tertiary/aromatic N) is 1. The van der Waals surface area contributed by atoms with E-state index in [0.29, 0.717) is 11.5 Å². The van der Waals surface area contributed by atoms with Gasteiger partial charge in [-0.2, -0.15) is 0 Å². The van der Waals surface area contributed by atoms with E-state index in [2.05, 4.69) is 11.0 Å². The highest BCUT2D eigenvalue weighted by molar-refractivity contribution is 5.89. The molecule has 0 amide bonds. The number of carboxylic acid groups (broad SMARTS) is 1. The van der Waals surface area contributed by atoms with Crippen LogP contribution in [0.2, 0.25) is 0 Å². The number of hydrogen-bond acceptors (Lipinski definition) is 3. The summed E-state index contributed by atoms with van der Waals surface area (Å²) in [6.45, 7) is 7.08. The van der Waals surface area contributed by atoms with Gasteiger partial charge >= 0.3 is 5.97 Å². The third-order valence-corrected chi connectivity index (χ3v) is 5.00. The van der Waals surface area contributed by atoms with Crippen LogP contribution in [0.5, 0.6) is 0 Å². The highest BCUT2D eigenvalue weighted by Gasteiger charge is 2.22. The van der Waals surface area contributed by atoms with Gasteiger partial charge in [-0.05, 0) is 69.8 Å². The van der Waals surface area contributed by atoms with E-state index in [1.54, 1.807) is 12.1 Å². The molecule has 1 aliphatic rings. The minimum atomic E-state index is -0.825. The molecule has 1 N–H and O–H groups in total. The molecule has 1 saturated heterocycles. The van der Waals surface area contributed by atoms with Gasteiger partial charge in [0.2, 0.25) is 0 Å². The zero-order chi connectivity index (χ0) is 17.1. The molecule has 24 heavy (non-hydrogen) atoms. The minimum absolute atomic E-state index is 0.449. The van der Waals surface area contributed by atoms with E-state index in [-0.39, 0.29) is 0 Å². The first-order valence-corrected chi connectivity index (χ1v) is 8.62. The molecule has 0 bridgehead atoms. The summed E-state index contributed by atoms with van der Waals surface area (Å²) in [6, 6.07) is 9.51. The van der Waals surface area contributed by atoms with Gasteiger partial charge in [-0.15, -0.1) is 0 Å². The Kier molecular flexibility index (Phi) is 5.05. The van der Waals surface area contributed by atoms with Gasteiger partial charge in [-0.3, -0.25) is 4.90 Å². The number of furan rings is 1. The van der Waals surface area contributed by atoms with Crippen LogP contribution in [-0.4, -0.2) is 29.1 Å². The Morgan fingerprint density at radius 2 is 1.92 bits per heavy atom. The van der Waals surface area contributed by atoms with Gasteiger partial charge < -0.3 is 9.52 Å². The zero-order valence-corrected chi connectivity index (χ0v) is 14.4. The molecule has 0 aliphatic carbocycles. The van der Waals surface area contributed by atoms with Crippen LogP contribution in [0.4, 0.5) is 0 Å². The SMILES string of the molecule is Cc1cc(CN2CCC(Cc3ccccc3C(=O)O)CC2)c(C)o1. The summed E-state index contributed by atoms with van der Waals surface area (Å²) < 4.78 is 5.61. The van der Waals surface area contributed by atoms with E-state index in [4.69, 9.17) is 4.42 Å². The fourth-order valence-corrected chi connectivity index (χ4v) is 3.65. The molecule has 4 nitrogen and oxygen atoms in total. The number of rotatable bonds is 5. The number of piperidine rings is 1. The van der Waals surface area contributed by atoms with Crippen molar-refractivity contribution in [3.8, 4) is 0 Å². The lowest BCUT2D eigenvalue weighted by Gasteiger charge is -2.32. The third kappa shape index (κ3) is 3.88. The quantitative estimate of drug-likeness (QED) is 0.900. The second-order valence-electron chi connectivity index (χ2n) is 6.82. The lowest BCUT2D eigenvalue weighted by molar-refractivity contribution is 0.0695. The van der Waals surface area contributed by atoms with Gasteiger partial charge in [0.05, 0.1) is 5.56 Å². The van der Waals surface area contributed by atoms with Crippen LogP contribution in [0.3, 0.4) is 0 Å². The monoisotopic (exact) mass is 327 g/mol. The smallest absolute Gasteiger partial charge is 0.335 e. The van der Waals surface area contributed by atoms with Crippen LogP contribution >= 0.6 is 0 Å². The van der Waals surface area contributed by atoms with Crippen LogP contribution in [-0.2, 0) is 13.0 Å². The molecule has 4 heteroatoms. The summed E-state index contributed by atoms with van der Waals surface area (Å²) in [5.41, 5.74) is 2.69. The lowest BCUT2D eigenvalue weighted by Crippen LogP contribution is -2.34. The fraction of sp³-hybridized carbons (Fsp3) is 0.450. The van der Waals surface area contributed by atoms with Crippen molar-refractivity contribution >= 4 is 5.97 Å². The molecule has 1 aliphatic heterocycles. The van der Waals surface area contributed by atoms with Gasteiger partial charge in [0, 0.05) is 12.1 Å². The average Bonchev–Trinajstić information content (AvgIpc) is 2.87. The van der Waals surface area contributed by atoms with Crippen molar-refractivity contribution in [1.82, 2.24) is 4.90 Å². The van der Waals surface area contributed by atoms with Crippen molar-refractivity contribution in [3.05, 3.63) is 58.5 Å². The molecule has 0 radical (unpaired) electrons. The first kappa shape index (κ1) is 16.8. The average molecular weight is 327 g/mol. The van der Waals surface area contributed by atoms with Crippen LogP contribution < -0.4 is 0 Å². The van der Waals surface area contributed by atoms with Gasteiger partial charge in [0.25, 0.3) is 0 Å². The number of benzene rings is 1. The molecule has 1 aromatic heterocycles. The molecule has 0 unspecified atom stereocenters. The Bertz CT molecular complexity index is 711. The second-order valence-corrected chi connectivity index (χ2v) is 6.82. The summed E-state index contributed by atoms with van der Waals surface area (Å²) in [5, 5.41) is 9.31. The molecule has 2 aromatic rings. The highest BCUT2D eigenvalue weighted by Crippen LogP contribution is 2.25. The molecular weight excluding hydrogens is 302 g/mol. The van der Waals surface area contributed by atoms with E-state index in [9.17, 15) is 9.90 Å². The molecule has 0 saturated carbocycles. The van der Waals surface area contributed by atoms with E-state index >= 15 is 0 Å². The Labute approximate surface area is 143 Å². The van der Waals surface area contributed by atoms with Crippen molar-refractivity contribution in [3.63, 3.8) is 0 Å². The predicted octanol–water partition coefficient (Wildman–Crippen LogP) is 4.05. The molecule has 0 spiro atoms. The molecule has 1 fully saturated rings. The molecule has 1 aromatic carbocycles.